The van der Waals surface area contributed by atoms with Crippen molar-refractivity contribution in [1.29, 1.82) is 0 Å². The summed E-state index contributed by atoms with van der Waals surface area (Å²) >= 11 is 0. The number of hydrogen-bond acceptors (Lipinski definition) is 6. The highest BCUT2D eigenvalue weighted by Gasteiger charge is 2.49. The quantitative estimate of drug-likeness (QED) is 0.447. The first-order chi connectivity index (χ1) is 9.36. The third-order valence-corrected chi connectivity index (χ3v) is 3.12. The molecule has 0 fully saturated rings. The molecule has 0 aromatic heterocycles. The number of hydrogen-bond donors (Lipinski definition) is 0. The fourth-order valence-corrected chi connectivity index (χ4v) is 1.90. The fraction of sp³-hybridized carbons (Fsp3) is 0.636. The van der Waals surface area contributed by atoms with E-state index in [0.717, 1.165) is 11.1 Å². The Balaban J connectivity index is 2.94. The summed E-state index contributed by atoms with van der Waals surface area (Å²) in [6.45, 7) is 5.08. The van der Waals surface area contributed by atoms with Crippen molar-refractivity contribution in [2.75, 3.05) is 6.54 Å². The van der Waals surface area contributed by atoms with Gasteiger partial charge in [-0.25, -0.2) is 9.86 Å². The molecule has 0 atom stereocenters. The van der Waals surface area contributed by atoms with Gasteiger partial charge in [0, 0.05) is 12.5 Å². The van der Waals surface area contributed by atoms with Gasteiger partial charge in [0.25, 0.3) is 0 Å². The number of hydroxylamine groups is 2. The molecule has 0 saturated carbocycles. The predicted octanol–water partition coefficient (Wildman–Crippen LogP) is 1.89. The molecule has 120 valence electrons. The van der Waals surface area contributed by atoms with E-state index in [1.165, 1.54) is 5.94 Å². The lowest BCUT2D eigenvalue weighted by Gasteiger charge is -2.33. The van der Waals surface area contributed by atoms with Gasteiger partial charge in [0.2, 0.25) is 0 Å². The molecule has 0 aromatic rings. The van der Waals surface area contributed by atoms with Crippen LogP contribution in [0.1, 0.15) is 27.2 Å². The van der Waals surface area contributed by atoms with Gasteiger partial charge in [0.1, 0.15) is 5.76 Å². The number of nitrogens with zero attached hydrogens (tertiary/aromatic N) is 1. The first kappa shape index (κ1) is 17.5. The van der Waals surface area contributed by atoms with Crippen LogP contribution >= 0.6 is 0 Å². The van der Waals surface area contributed by atoms with Gasteiger partial charge in [-0.1, -0.05) is 0 Å². The first-order valence-corrected chi connectivity index (χ1v) is 7.20. The van der Waals surface area contributed by atoms with Crippen LogP contribution < -0.4 is 0 Å². The van der Waals surface area contributed by atoms with Crippen molar-refractivity contribution in [2.45, 2.75) is 38.3 Å². The van der Waals surface area contributed by atoms with Gasteiger partial charge in [-0.3, -0.25) is 4.84 Å². The molecule has 0 aromatic carbocycles. The summed E-state index contributed by atoms with van der Waals surface area (Å²) in [6, 6.07) is 0. The van der Waals surface area contributed by atoms with E-state index >= 15 is 0 Å². The molecule has 0 N–H and O–H groups in total. The second-order valence-electron chi connectivity index (χ2n) is 5.14. The minimum atomic E-state index is -5.75. The van der Waals surface area contributed by atoms with Crippen molar-refractivity contribution < 1.29 is 35.4 Å². The number of alkyl halides is 3. The second-order valence-corrected chi connectivity index (χ2v) is 6.67. The molecule has 10 heteroatoms. The predicted molar refractivity (Wildman–Crippen MR) is 65.5 cm³/mol. The monoisotopic (exact) mass is 329 g/mol. The van der Waals surface area contributed by atoms with E-state index < -0.39 is 27.0 Å². The van der Waals surface area contributed by atoms with Gasteiger partial charge in [-0.05, 0) is 20.8 Å². The Kier molecular flexibility index (Phi) is 4.76. The Morgan fingerprint density at radius 3 is 2.29 bits per heavy atom. The maximum Gasteiger partial charge on any atom is 0.534 e. The van der Waals surface area contributed by atoms with E-state index in [4.69, 9.17) is 4.84 Å². The molecule has 0 saturated heterocycles. The topological polar surface area (TPSA) is 72.9 Å². The fourth-order valence-electron chi connectivity index (χ4n) is 1.39. The number of halogens is 3. The van der Waals surface area contributed by atoms with Crippen LogP contribution in [0.25, 0.3) is 0 Å². The Labute approximate surface area is 119 Å². The van der Waals surface area contributed by atoms with Gasteiger partial charge < -0.3 is 4.18 Å². The molecular formula is C11H14F3NO5S. The zero-order valence-corrected chi connectivity index (χ0v) is 12.3. The molecule has 0 aliphatic carbocycles. The van der Waals surface area contributed by atoms with Gasteiger partial charge >= 0.3 is 15.6 Å². The summed E-state index contributed by atoms with van der Waals surface area (Å²) < 4.78 is 62.4. The average Bonchev–Trinajstić information content (AvgIpc) is 2.27. The van der Waals surface area contributed by atoms with Gasteiger partial charge in [0.15, 0.2) is 11.6 Å². The van der Waals surface area contributed by atoms with Crippen molar-refractivity contribution in [3.05, 3.63) is 17.5 Å². The van der Waals surface area contributed by atoms with E-state index in [1.807, 2.05) is 0 Å². The summed E-state index contributed by atoms with van der Waals surface area (Å²) in [5.74, 6) is 0.966. The van der Waals surface area contributed by atoms with Crippen LogP contribution in [0.4, 0.5) is 13.2 Å². The third-order valence-electron chi connectivity index (χ3n) is 2.12. The van der Waals surface area contributed by atoms with Crippen molar-refractivity contribution in [1.82, 2.24) is 5.06 Å². The summed E-state index contributed by atoms with van der Waals surface area (Å²) in [6.07, 6.45) is 0.683. The van der Waals surface area contributed by atoms with Crippen molar-refractivity contribution in [3.8, 4) is 0 Å². The third kappa shape index (κ3) is 4.76. The van der Waals surface area contributed by atoms with Crippen LogP contribution in [0.3, 0.4) is 0 Å². The van der Waals surface area contributed by atoms with Crippen LogP contribution in [0, 0.1) is 0 Å². The van der Waals surface area contributed by atoms with Gasteiger partial charge in [-0.2, -0.15) is 21.6 Å². The Morgan fingerprint density at radius 2 is 1.86 bits per heavy atom. The number of rotatable bonds is 3. The zero-order valence-electron chi connectivity index (χ0n) is 11.5. The smallest absolute Gasteiger partial charge is 0.380 e. The lowest BCUT2D eigenvalue weighted by atomic mass is 10.2. The minimum absolute atomic E-state index is 0.0406. The SMILES string of the molecule is CC(C)(C)ON1CCC(OS(=O)(=O)C(F)(F)F)=CC1=C=O. The highest BCUT2D eigenvalue weighted by atomic mass is 32.2. The maximum absolute atomic E-state index is 12.2. The van der Waals surface area contributed by atoms with Crippen LogP contribution in [-0.4, -0.2) is 37.1 Å². The Morgan fingerprint density at radius 1 is 1.29 bits per heavy atom. The van der Waals surface area contributed by atoms with E-state index in [-0.39, 0.29) is 18.7 Å². The zero-order chi connectivity index (χ0) is 16.5. The molecule has 0 amide bonds. The van der Waals surface area contributed by atoms with Crippen LogP contribution in [0.15, 0.2) is 17.5 Å². The Bertz CT molecular complexity index is 582. The highest BCUT2D eigenvalue weighted by molar-refractivity contribution is 7.87. The van der Waals surface area contributed by atoms with E-state index in [9.17, 15) is 26.4 Å². The average molecular weight is 329 g/mol. The number of allylic oxidation sites excluding steroid dienone is 1. The molecule has 0 spiro atoms. The molecule has 0 bridgehead atoms. The molecule has 21 heavy (non-hydrogen) atoms. The summed E-state index contributed by atoms with van der Waals surface area (Å²) in [5, 5.41) is 1.13. The van der Waals surface area contributed by atoms with Crippen molar-refractivity contribution >= 4 is 16.1 Å². The van der Waals surface area contributed by atoms with Crippen molar-refractivity contribution in [2.24, 2.45) is 0 Å². The van der Waals surface area contributed by atoms with Gasteiger partial charge in [-0.15, -0.1) is 0 Å². The second kappa shape index (κ2) is 5.70. The van der Waals surface area contributed by atoms with E-state index in [2.05, 4.69) is 4.18 Å². The van der Waals surface area contributed by atoms with Crippen LogP contribution in [-0.2, 0) is 23.9 Å². The first-order valence-electron chi connectivity index (χ1n) is 5.79. The summed E-state index contributed by atoms with van der Waals surface area (Å²) in [5.41, 5.74) is -6.42. The summed E-state index contributed by atoms with van der Waals surface area (Å²) in [4.78, 5) is 16.2. The molecular weight excluding hydrogens is 315 g/mol. The molecule has 6 nitrogen and oxygen atoms in total. The molecule has 0 unspecified atom stereocenters. The van der Waals surface area contributed by atoms with Crippen LogP contribution in [0.5, 0.6) is 0 Å². The molecule has 1 aliphatic rings. The molecule has 0 radical (unpaired) electrons. The number of carbonyl (C=O) groups excluding carboxylic acids is 1. The van der Waals surface area contributed by atoms with Crippen LogP contribution in [0.2, 0.25) is 0 Å². The summed E-state index contributed by atoms with van der Waals surface area (Å²) in [7, 11) is -5.75. The highest BCUT2D eigenvalue weighted by Crippen LogP contribution is 2.30. The standard InChI is InChI=1S/C11H14F3NO5S/c1-10(2,3)20-15-5-4-9(6-8(15)7-16)19-21(17,18)11(12,13)14/h6H,4-5H2,1-3H3. The van der Waals surface area contributed by atoms with E-state index in [1.54, 1.807) is 20.8 Å². The maximum atomic E-state index is 12.2. The minimum Gasteiger partial charge on any atom is -0.380 e. The normalized spacial score (nSPS) is 17.3. The largest absolute Gasteiger partial charge is 0.534 e. The van der Waals surface area contributed by atoms with Crippen molar-refractivity contribution in [3.63, 3.8) is 0 Å². The molecule has 1 heterocycles. The van der Waals surface area contributed by atoms with Gasteiger partial charge in [0.05, 0.1) is 12.1 Å². The lowest BCUT2D eigenvalue weighted by molar-refractivity contribution is -0.205. The molecule has 1 rings (SSSR count). The Hall–Kier alpha value is -1.51. The molecule has 1 aliphatic heterocycles. The van der Waals surface area contributed by atoms with E-state index in [0.29, 0.717) is 0 Å². The lowest BCUT2D eigenvalue weighted by Crippen LogP contribution is -2.36.